The predicted molar refractivity (Wildman–Crippen MR) is 94.7 cm³/mol. The van der Waals surface area contributed by atoms with Gasteiger partial charge in [-0.2, -0.15) is 0 Å². The Morgan fingerprint density at radius 1 is 1.33 bits per heavy atom. The van der Waals surface area contributed by atoms with E-state index in [0.717, 1.165) is 25.9 Å². The van der Waals surface area contributed by atoms with E-state index in [0.29, 0.717) is 5.69 Å². The molecular weight excluding hydrogens is 327 g/mol. The van der Waals surface area contributed by atoms with Crippen molar-refractivity contribution in [2.75, 3.05) is 11.9 Å². The van der Waals surface area contributed by atoms with Crippen LogP contribution < -0.4 is 5.32 Å². The minimum absolute atomic E-state index is 0.0510. The van der Waals surface area contributed by atoms with Crippen molar-refractivity contribution in [1.29, 1.82) is 0 Å². The van der Waals surface area contributed by atoms with Gasteiger partial charge >= 0.3 is 0 Å². The molecule has 5 heteroatoms. The van der Waals surface area contributed by atoms with E-state index in [1.54, 1.807) is 6.07 Å². The number of nitrogens with one attached hydrogen (secondary N) is 1. The van der Waals surface area contributed by atoms with Crippen molar-refractivity contribution in [3.05, 3.63) is 64.4 Å². The number of nitrogens with zero attached hydrogens (tertiary/aromatic N) is 1. The molecule has 0 saturated carbocycles. The summed E-state index contributed by atoms with van der Waals surface area (Å²) in [6.45, 7) is 3.72. The molecular formula is C19H20ClFN2O. The number of carbonyl (C=O) groups is 1. The Hall–Kier alpha value is -1.91. The normalized spacial score (nSPS) is 17.9. The van der Waals surface area contributed by atoms with Crippen LogP contribution in [0.4, 0.5) is 10.1 Å². The number of anilines is 1. The van der Waals surface area contributed by atoms with Gasteiger partial charge in [-0.25, -0.2) is 4.39 Å². The van der Waals surface area contributed by atoms with Gasteiger partial charge in [0.05, 0.1) is 11.1 Å². The third-order valence-electron chi connectivity index (χ3n) is 4.49. The molecule has 3 nitrogen and oxygen atoms in total. The SMILES string of the molecule is Cc1ccccc1CN1CCCC1C(=O)Nc1ccc(Cl)c(F)c1. The van der Waals surface area contributed by atoms with Gasteiger partial charge in [-0.15, -0.1) is 0 Å². The van der Waals surface area contributed by atoms with Gasteiger partial charge in [0.2, 0.25) is 5.91 Å². The molecule has 0 aromatic heterocycles. The van der Waals surface area contributed by atoms with E-state index >= 15 is 0 Å². The van der Waals surface area contributed by atoms with Crippen molar-refractivity contribution in [3.8, 4) is 0 Å². The molecule has 24 heavy (non-hydrogen) atoms. The summed E-state index contributed by atoms with van der Waals surface area (Å²) in [5, 5.41) is 2.85. The fraction of sp³-hybridized carbons (Fsp3) is 0.316. The molecule has 1 saturated heterocycles. The number of aryl methyl sites for hydroxylation is 1. The van der Waals surface area contributed by atoms with E-state index < -0.39 is 5.82 Å². The van der Waals surface area contributed by atoms with Gasteiger partial charge in [0, 0.05) is 12.2 Å². The third kappa shape index (κ3) is 3.77. The van der Waals surface area contributed by atoms with E-state index in [9.17, 15) is 9.18 Å². The number of likely N-dealkylation sites (tertiary alicyclic amines) is 1. The Morgan fingerprint density at radius 2 is 2.12 bits per heavy atom. The van der Waals surface area contributed by atoms with Gasteiger partial charge in [0.15, 0.2) is 0 Å². The van der Waals surface area contributed by atoms with Crippen molar-refractivity contribution in [3.63, 3.8) is 0 Å². The van der Waals surface area contributed by atoms with Gasteiger partial charge in [-0.05, 0) is 55.6 Å². The lowest BCUT2D eigenvalue weighted by molar-refractivity contribution is -0.120. The first-order valence-corrected chi connectivity index (χ1v) is 8.47. The second-order valence-electron chi connectivity index (χ2n) is 6.17. The average Bonchev–Trinajstić information content (AvgIpc) is 3.01. The van der Waals surface area contributed by atoms with Gasteiger partial charge in [0.25, 0.3) is 0 Å². The molecule has 0 spiro atoms. The number of carbonyl (C=O) groups excluding carboxylic acids is 1. The highest BCUT2D eigenvalue weighted by Crippen LogP contribution is 2.24. The van der Waals surface area contributed by atoms with E-state index in [1.807, 2.05) is 12.1 Å². The first-order chi connectivity index (χ1) is 11.5. The standard InChI is InChI=1S/C19H20ClFN2O/c1-13-5-2-3-6-14(13)12-23-10-4-7-18(23)19(24)22-15-8-9-16(20)17(21)11-15/h2-3,5-6,8-9,11,18H,4,7,10,12H2,1H3,(H,22,24). The zero-order chi connectivity index (χ0) is 17.1. The Bertz CT molecular complexity index is 750. The Balaban J connectivity index is 1.69. The highest BCUT2D eigenvalue weighted by atomic mass is 35.5. The summed E-state index contributed by atoms with van der Waals surface area (Å²) < 4.78 is 13.5. The Morgan fingerprint density at radius 3 is 2.88 bits per heavy atom. The van der Waals surface area contributed by atoms with Crippen LogP contribution in [-0.2, 0) is 11.3 Å². The summed E-state index contributed by atoms with van der Waals surface area (Å²) in [5.41, 5.74) is 2.89. The third-order valence-corrected chi connectivity index (χ3v) is 4.79. The number of halogens is 2. The Kier molecular flexibility index (Phi) is 5.17. The molecule has 126 valence electrons. The second-order valence-corrected chi connectivity index (χ2v) is 6.58. The van der Waals surface area contributed by atoms with Crippen LogP contribution in [0.3, 0.4) is 0 Å². The number of amides is 1. The molecule has 3 rings (SSSR count). The lowest BCUT2D eigenvalue weighted by Crippen LogP contribution is -2.39. The summed E-state index contributed by atoms with van der Waals surface area (Å²) in [6.07, 6.45) is 1.80. The van der Waals surface area contributed by atoms with Crippen LogP contribution in [0.2, 0.25) is 5.02 Å². The van der Waals surface area contributed by atoms with Crippen LogP contribution in [0.15, 0.2) is 42.5 Å². The first kappa shape index (κ1) is 16.9. The zero-order valence-electron chi connectivity index (χ0n) is 13.6. The van der Waals surface area contributed by atoms with Crippen molar-refractivity contribution in [2.24, 2.45) is 0 Å². The quantitative estimate of drug-likeness (QED) is 0.890. The van der Waals surface area contributed by atoms with Crippen molar-refractivity contribution >= 4 is 23.2 Å². The monoisotopic (exact) mass is 346 g/mol. The average molecular weight is 347 g/mol. The minimum Gasteiger partial charge on any atom is -0.325 e. The minimum atomic E-state index is -0.530. The van der Waals surface area contributed by atoms with Crippen molar-refractivity contribution in [1.82, 2.24) is 4.90 Å². The lowest BCUT2D eigenvalue weighted by atomic mass is 10.1. The molecule has 1 fully saturated rings. The summed E-state index contributed by atoms with van der Waals surface area (Å²) in [7, 11) is 0. The smallest absolute Gasteiger partial charge is 0.241 e. The lowest BCUT2D eigenvalue weighted by Gasteiger charge is -2.24. The molecule has 0 aliphatic carbocycles. The number of hydrogen-bond donors (Lipinski definition) is 1. The molecule has 2 aromatic carbocycles. The molecule has 2 aromatic rings. The van der Waals surface area contributed by atoms with Crippen molar-refractivity contribution < 1.29 is 9.18 Å². The molecule has 1 amide bonds. The molecule has 1 atom stereocenters. The van der Waals surface area contributed by atoms with Crippen molar-refractivity contribution in [2.45, 2.75) is 32.4 Å². The van der Waals surface area contributed by atoms with Crippen LogP contribution >= 0.6 is 11.6 Å². The number of hydrogen-bond acceptors (Lipinski definition) is 2. The fourth-order valence-electron chi connectivity index (χ4n) is 3.12. The maximum absolute atomic E-state index is 13.5. The largest absolute Gasteiger partial charge is 0.325 e. The van der Waals surface area contributed by atoms with E-state index in [2.05, 4.69) is 29.3 Å². The molecule has 1 unspecified atom stereocenters. The molecule has 1 aliphatic heterocycles. The summed E-state index contributed by atoms with van der Waals surface area (Å²) in [6, 6.07) is 12.3. The van der Waals surface area contributed by atoms with Crippen LogP contribution in [0.25, 0.3) is 0 Å². The molecule has 0 radical (unpaired) electrons. The zero-order valence-corrected chi connectivity index (χ0v) is 14.3. The topological polar surface area (TPSA) is 32.3 Å². The van der Waals surface area contributed by atoms with Crippen LogP contribution in [-0.4, -0.2) is 23.4 Å². The predicted octanol–water partition coefficient (Wildman–Crippen LogP) is 4.39. The number of benzene rings is 2. The highest BCUT2D eigenvalue weighted by Gasteiger charge is 2.30. The number of rotatable bonds is 4. The summed E-state index contributed by atoms with van der Waals surface area (Å²) in [5.74, 6) is -0.625. The van der Waals surface area contributed by atoms with E-state index in [4.69, 9.17) is 11.6 Å². The Labute approximate surface area is 146 Å². The molecule has 1 N–H and O–H groups in total. The van der Waals surface area contributed by atoms with Gasteiger partial charge in [-0.1, -0.05) is 35.9 Å². The van der Waals surface area contributed by atoms with Gasteiger partial charge in [0.1, 0.15) is 5.82 Å². The maximum atomic E-state index is 13.5. The molecule has 1 heterocycles. The summed E-state index contributed by atoms with van der Waals surface area (Å²) in [4.78, 5) is 14.8. The first-order valence-electron chi connectivity index (χ1n) is 8.09. The van der Waals surface area contributed by atoms with Gasteiger partial charge < -0.3 is 5.32 Å². The van der Waals surface area contributed by atoms with Crippen LogP contribution in [0.1, 0.15) is 24.0 Å². The van der Waals surface area contributed by atoms with Gasteiger partial charge in [-0.3, -0.25) is 9.69 Å². The second kappa shape index (κ2) is 7.32. The molecule has 1 aliphatic rings. The van der Waals surface area contributed by atoms with E-state index in [-0.39, 0.29) is 17.0 Å². The highest BCUT2D eigenvalue weighted by molar-refractivity contribution is 6.30. The maximum Gasteiger partial charge on any atom is 0.241 e. The van der Waals surface area contributed by atoms with Crippen LogP contribution in [0.5, 0.6) is 0 Å². The van der Waals surface area contributed by atoms with Crippen LogP contribution in [0, 0.1) is 12.7 Å². The fourth-order valence-corrected chi connectivity index (χ4v) is 3.24. The van der Waals surface area contributed by atoms with E-state index in [1.165, 1.54) is 23.3 Å². The molecule has 0 bridgehead atoms. The summed E-state index contributed by atoms with van der Waals surface area (Å²) >= 11 is 5.68.